The van der Waals surface area contributed by atoms with Crippen molar-refractivity contribution in [2.75, 3.05) is 47.3 Å². The van der Waals surface area contributed by atoms with Crippen LogP contribution in [0.3, 0.4) is 0 Å². The van der Waals surface area contributed by atoms with Crippen LogP contribution in [0.2, 0.25) is 0 Å². The van der Waals surface area contributed by atoms with E-state index in [1.54, 1.807) is 60.7 Å². The second-order valence-corrected chi connectivity index (χ2v) is 17.4. The molecule has 0 radical (unpaired) electrons. The van der Waals surface area contributed by atoms with E-state index in [-0.39, 0.29) is 36.4 Å². The van der Waals surface area contributed by atoms with Crippen molar-refractivity contribution >= 4 is 50.8 Å². The van der Waals surface area contributed by atoms with Crippen LogP contribution in [0.25, 0.3) is 10.4 Å². The van der Waals surface area contributed by atoms with Crippen molar-refractivity contribution in [1.82, 2.24) is 10.2 Å². The van der Waals surface area contributed by atoms with Gasteiger partial charge in [0.05, 0.1) is 28.4 Å². The quantitative estimate of drug-likeness (QED) is 0.0134. The predicted octanol–water partition coefficient (Wildman–Crippen LogP) is 4.26. The summed E-state index contributed by atoms with van der Waals surface area (Å²) in [5, 5.41) is 13.1. The Hall–Kier alpha value is -4.38. The summed E-state index contributed by atoms with van der Waals surface area (Å²) < 4.78 is 56.7. The summed E-state index contributed by atoms with van der Waals surface area (Å²) in [6.07, 6.45) is -3.27. The Bertz CT molecular complexity index is 1890. The number of β-lactam (4-membered cyclic amide) rings is 1. The molecule has 26 heteroatoms. The molecule has 1 saturated heterocycles. The fourth-order valence-corrected chi connectivity index (χ4v) is 11.1. The Morgan fingerprint density at radius 3 is 1.95 bits per heavy atom. The molecule has 0 spiro atoms. The number of carbonyl (C=O) groups excluding carboxylic acids is 4. The SMILES string of the molecule is COOP(=O)(OOC)C(O)(CCCCNC(=O)C1(N=[N+]=[N-])C(=O)N2C(C(=O)OC(c3ccccc3)c3ccccc3)=C(COC(N)=O)CS[C@@H]21)P(=O)(OOC)OOC. The Labute approximate surface area is 334 Å². The molecular formula is C32H40N6O17P2S. The minimum absolute atomic E-state index is 0.0949. The minimum Gasteiger partial charge on any atom is -0.448 e. The summed E-state index contributed by atoms with van der Waals surface area (Å²) in [5.74, 6) is -3.27. The number of hydrogen-bond donors (Lipinski definition) is 3. The zero-order chi connectivity index (χ0) is 42.6. The lowest BCUT2D eigenvalue weighted by atomic mass is 9.86. The van der Waals surface area contributed by atoms with Crippen LogP contribution in [0.1, 0.15) is 36.5 Å². The van der Waals surface area contributed by atoms with Crippen molar-refractivity contribution in [2.24, 2.45) is 10.8 Å². The second kappa shape index (κ2) is 20.5. The van der Waals surface area contributed by atoms with Crippen LogP contribution >= 0.6 is 27.0 Å². The van der Waals surface area contributed by atoms with Gasteiger partial charge in [0.15, 0.2) is 6.10 Å². The van der Waals surface area contributed by atoms with Crippen LogP contribution in [0.5, 0.6) is 0 Å². The molecule has 0 bridgehead atoms. The molecule has 3 amide bonds. The van der Waals surface area contributed by atoms with Crippen molar-refractivity contribution in [1.29, 1.82) is 0 Å². The Balaban J connectivity index is 1.57. The molecule has 2 atom stereocenters. The summed E-state index contributed by atoms with van der Waals surface area (Å²) in [6, 6.07) is 17.5. The molecule has 0 aliphatic carbocycles. The first-order valence-electron chi connectivity index (χ1n) is 16.8. The first-order chi connectivity index (χ1) is 27.7. The fraction of sp³-hybridized carbons (Fsp3) is 0.438. The molecule has 2 heterocycles. The fourth-order valence-electron chi connectivity index (χ4n) is 5.93. The number of amides is 3. The number of fused-ring (bicyclic) bond motifs is 1. The summed E-state index contributed by atoms with van der Waals surface area (Å²) >= 11 is 0.939. The summed E-state index contributed by atoms with van der Waals surface area (Å²) in [5.41, 5.74) is 13.3. The second-order valence-electron chi connectivity index (χ2n) is 11.9. The Kier molecular flexibility index (Phi) is 16.4. The first kappa shape index (κ1) is 46.3. The number of nitrogens with zero attached hydrogens (tertiary/aromatic N) is 4. The van der Waals surface area contributed by atoms with Gasteiger partial charge in [-0.3, -0.25) is 23.6 Å². The van der Waals surface area contributed by atoms with Gasteiger partial charge in [0.2, 0.25) is 11.4 Å². The molecule has 2 aliphatic rings. The topological polar surface area (TPSA) is 305 Å². The standard InChI is InChI=1S/C32H40N6O17P2S/c1-46-52-56(44,53-47-2)31(43,57(45,54-48-3)55-49-4)17-11-12-18-35-27(40)32(36-37-34)28(41)38-24(23(19-50-30(33)42)20-58-29(32)38)26(39)51-25(21-13-7-5-8-14-21)22-15-9-6-10-16-22/h5-10,13-16,25,29,43H,11-12,17-20H2,1-4H3,(H2,33,42)(H,35,40)/t29-,32?/m1/s1. The van der Waals surface area contributed by atoms with Crippen LogP contribution < -0.4 is 11.1 Å². The summed E-state index contributed by atoms with van der Waals surface area (Å²) in [4.78, 5) is 75.0. The van der Waals surface area contributed by atoms with E-state index in [1.165, 1.54) is 0 Å². The summed E-state index contributed by atoms with van der Waals surface area (Å²) in [6.45, 7) is -0.797. The number of thioether (sulfide) groups is 1. The smallest absolute Gasteiger partial charge is 0.428 e. The molecule has 1 unspecified atom stereocenters. The van der Waals surface area contributed by atoms with E-state index in [1.807, 2.05) is 0 Å². The number of azide groups is 1. The Morgan fingerprint density at radius 1 is 0.966 bits per heavy atom. The van der Waals surface area contributed by atoms with Crippen LogP contribution in [-0.4, -0.2) is 97.2 Å². The lowest BCUT2D eigenvalue weighted by Crippen LogP contribution is -2.77. The predicted molar refractivity (Wildman–Crippen MR) is 198 cm³/mol. The molecule has 316 valence electrons. The van der Waals surface area contributed by atoms with E-state index in [0.29, 0.717) is 11.1 Å². The van der Waals surface area contributed by atoms with Gasteiger partial charge in [0.1, 0.15) is 17.7 Å². The highest BCUT2D eigenvalue weighted by Gasteiger charge is 2.70. The molecule has 4 rings (SSSR count). The lowest BCUT2D eigenvalue weighted by molar-refractivity contribution is -0.264. The average Bonchev–Trinajstić information content (AvgIpc) is 3.21. The monoisotopic (exact) mass is 874 g/mol. The van der Waals surface area contributed by atoms with Crippen LogP contribution in [0.4, 0.5) is 4.79 Å². The molecule has 2 aliphatic heterocycles. The largest absolute Gasteiger partial charge is 0.448 e. The third-order valence-corrected chi connectivity index (χ3v) is 14.9. The summed E-state index contributed by atoms with van der Waals surface area (Å²) in [7, 11) is -6.71. The van der Waals surface area contributed by atoms with Crippen LogP contribution in [-0.2, 0) is 71.2 Å². The zero-order valence-electron chi connectivity index (χ0n) is 31.3. The Morgan fingerprint density at radius 2 is 1.48 bits per heavy atom. The molecule has 58 heavy (non-hydrogen) atoms. The van der Waals surface area contributed by atoms with Gasteiger partial charge < -0.3 is 25.6 Å². The highest BCUT2D eigenvalue weighted by molar-refractivity contribution is 8.00. The van der Waals surface area contributed by atoms with Crippen molar-refractivity contribution in [3.05, 3.63) is 93.5 Å². The van der Waals surface area contributed by atoms with E-state index in [0.717, 1.165) is 45.1 Å². The maximum atomic E-state index is 14.1. The van der Waals surface area contributed by atoms with Crippen molar-refractivity contribution in [3.8, 4) is 0 Å². The van der Waals surface area contributed by atoms with E-state index >= 15 is 0 Å². The maximum absolute atomic E-state index is 14.1. The number of nitrogens with one attached hydrogen (secondary N) is 1. The van der Waals surface area contributed by atoms with Gasteiger partial charge in [0.25, 0.3) is 11.0 Å². The molecular weight excluding hydrogens is 834 g/mol. The molecule has 0 aromatic heterocycles. The number of carbonyl (C=O) groups is 4. The number of aliphatic hydroxyl groups is 1. The van der Waals surface area contributed by atoms with Crippen LogP contribution in [0.15, 0.2) is 77.0 Å². The first-order valence-corrected chi connectivity index (χ1v) is 20.9. The molecule has 1 fully saturated rings. The number of hydrogen-bond acceptors (Lipinski definition) is 19. The number of primary amides is 1. The van der Waals surface area contributed by atoms with Gasteiger partial charge in [-0.25, -0.2) is 29.1 Å². The average molecular weight is 875 g/mol. The van der Waals surface area contributed by atoms with E-state index in [2.05, 4.69) is 53.6 Å². The van der Waals surface area contributed by atoms with Gasteiger partial charge >= 0.3 is 27.3 Å². The highest BCUT2D eigenvalue weighted by atomic mass is 32.2. The lowest BCUT2D eigenvalue weighted by Gasteiger charge is -2.54. The molecule has 23 nitrogen and oxygen atoms in total. The minimum atomic E-state index is -5.15. The van der Waals surface area contributed by atoms with Gasteiger partial charge in [-0.15, -0.1) is 30.5 Å². The van der Waals surface area contributed by atoms with Crippen LogP contribution in [0, 0.1) is 0 Å². The highest BCUT2D eigenvalue weighted by Crippen LogP contribution is 2.78. The van der Waals surface area contributed by atoms with Gasteiger partial charge in [-0.05, 0) is 29.5 Å². The number of benzene rings is 2. The van der Waals surface area contributed by atoms with E-state index in [9.17, 15) is 38.9 Å². The normalized spacial score (nSPS) is 18.2. The third-order valence-electron chi connectivity index (χ3n) is 8.48. The van der Waals surface area contributed by atoms with Crippen molar-refractivity contribution < 1.29 is 81.1 Å². The number of esters is 1. The number of rotatable bonds is 23. The third kappa shape index (κ3) is 9.40. The maximum Gasteiger partial charge on any atom is 0.428 e. The van der Waals surface area contributed by atoms with Gasteiger partial charge in [-0.2, -0.15) is 0 Å². The van der Waals surface area contributed by atoms with E-state index in [4.69, 9.17) is 15.2 Å². The zero-order valence-corrected chi connectivity index (χ0v) is 33.9. The molecule has 4 N–H and O–H groups in total. The van der Waals surface area contributed by atoms with Crippen molar-refractivity contribution in [3.63, 3.8) is 0 Å². The number of unbranched alkanes of at least 4 members (excludes halogenated alkanes) is 1. The van der Waals surface area contributed by atoms with Gasteiger partial charge in [0, 0.05) is 29.2 Å². The number of ether oxygens (including phenoxy) is 2. The molecule has 0 saturated carbocycles. The number of nitrogens with two attached hydrogens (primary N) is 1. The molecule has 2 aromatic carbocycles. The van der Waals surface area contributed by atoms with Crippen molar-refractivity contribution in [2.45, 2.75) is 41.4 Å². The van der Waals surface area contributed by atoms with E-state index < -0.39 is 74.2 Å². The molecule has 2 aromatic rings. The van der Waals surface area contributed by atoms with Gasteiger partial charge in [-0.1, -0.05) is 65.8 Å².